The van der Waals surface area contributed by atoms with Crippen LogP contribution >= 0.6 is 0 Å². The minimum absolute atomic E-state index is 0.00155. The normalized spacial score (nSPS) is 14.2. The van der Waals surface area contributed by atoms with E-state index in [4.69, 9.17) is 4.74 Å². The van der Waals surface area contributed by atoms with Gasteiger partial charge in [0.2, 0.25) is 0 Å². The van der Waals surface area contributed by atoms with Crippen LogP contribution in [0.4, 0.5) is 0 Å². The van der Waals surface area contributed by atoms with Crippen molar-refractivity contribution in [2.75, 3.05) is 14.2 Å². The molecule has 0 amide bonds. The van der Waals surface area contributed by atoms with Gasteiger partial charge in [-0.3, -0.25) is 0 Å². The standard InChI is InChI=1S/C13H29NO/c1-6-7-8-9-10-12(14-4)11-13(2,3)15-5/h12,14H,6-11H2,1-5H3. The van der Waals surface area contributed by atoms with E-state index in [1.165, 1.54) is 32.1 Å². The lowest BCUT2D eigenvalue weighted by molar-refractivity contribution is 0.00681. The second-order valence-corrected chi connectivity index (χ2v) is 5.00. The Bertz CT molecular complexity index is 145. The van der Waals surface area contributed by atoms with E-state index >= 15 is 0 Å². The molecule has 0 saturated heterocycles. The summed E-state index contributed by atoms with van der Waals surface area (Å²) in [6.07, 6.45) is 7.73. The van der Waals surface area contributed by atoms with Crippen LogP contribution in [-0.4, -0.2) is 25.8 Å². The molecule has 0 aliphatic carbocycles. The SMILES string of the molecule is CCCCCCC(CC(C)(C)OC)NC. The zero-order valence-electron chi connectivity index (χ0n) is 11.2. The first-order valence-corrected chi connectivity index (χ1v) is 6.28. The van der Waals surface area contributed by atoms with E-state index in [9.17, 15) is 0 Å². The fourth-order valence-corrected chi connectivity index (χ4v) is 1.84. The Kier molecular flexibility index (Phi) is 8.07. The van der Waals surface area contributed by atoms with Gasteiger partial charge >= 0.3 is 0 Å². The van der Waals surface area contributed by atoms with Crippen molar-refractivity contribution in [1.82, 2.24) is 5.32 Å². The van der Waals surface area contributed by atoms with Crippen LogP contribution in [0.1, 0.15) is 59.3 Å². The fourth-order valence-electron chi connectivity index (χ4n) is 1.84. The number of hydrogen-bond acceptors (Lipinski definition) is 2. The molecule has 2 heteroatoms. The van der Waals surface area contributed by atoms with Crippen LogP contribution in [-0.2, 0) is 4.74 Å². The van der Waals surface area contributed by atoms with Crippen molar-refractivity contribution in [2.45, 2.75) is 70.9 Å². The van der Waals surface area contributed by atoms with Crippen LogP contribution < -0.4 is 5.32 Å². The van der Waals surface area contributed by atoms with Gasteiger partial charge in [-0.25, -0.2) is 0 Å². The number of ether oxygens (including phenoxy) is 1. The highest BCUT2D eigenvalue weighted by molar-refractivity contribution is 4.77. The van der Waals surface area contributed by atoms with E-state index in [1.807, 2.05) is 0 Å². The lowest BCUT2D eigenvalue weighted by Crippen LogP contribution is -2.35. The maximum absolute atomic E-state index is 5.46. The van der Waals surface area contributed by atoms with E-state index in [-0.39, 0.29) is 5.60 Å². The maximum Gasteiger partial charge on any atom is 0.0637 e. The average molecular weight is 215 g/mol. The number of methoxy groups -OCH3 is 1. The highest BCUT2D eigenvalue weighted by atomic mass is 16.5. The number of unbranched alkanes of at least 4 members (excludes halogenated alkanes) is 3. The smallest absolute Gasteiger partial charge is 0.0637 e. The summed E-state index contributed by atoms with van der Waals surface area (Å²) >= 11 is 0. The Hall–Kier alpha value is -0.0800. The summed E-state index contributed by atoms with van der Waals surface area (Å²) in [7, 11) is 3.85. The second-order valence-electron chi connectivity index (χ2n) is 5.00. The highest BCUT2D eigenvalue weighted by Crippen LogP contribution is 2.18. The Balaban J connectivity index is 3.72. The number of hydrogen-bond donors (Lipinski definition) is 1. The van der Waals surface area contributed by atoms with Crippen LogP contribution in [0.5, 0.6) is 0 Å². The summed E-state index contributed by atoms with van der Waals surface area (Å²) < 4.78 is 5.46. The van der Waals surface area contributed by atoms with Gasteiger partial charge in [0, 0.05) is 13.2 Å². The molecule has 0 rings (SSSR count). The fraction of sp³-hybridized carbons (Fsp3) is 1.00. The molecule has 0 bridgehead atoms. The van der Waals surface area contributed by atoms with Crippen molar-refractivity contribution in [3.8, 4) is 0 Å². The van der Waals surface area contributed by atoms with Crippen molar-refractivity contribution in [3.05, 3.63) is 0 Å². The van der Waals surface area contributed by atoms with Crippen LogP contribution in [0.2, 0.25) is 0 Å². The molecular formula is C13H29NO. The third-order valence-corrected chi connectivity index (χ3v) is 3.10. The molecular weight excluding hydrogens is 186 g/mol. The van der Waals surface area contributed by atoms with Gasteiger partial charge in [0.1, 0.15) is 0 Å². The zero-order chi connectivity index (χ0) is 11.7. The van der Waals surface area contributed by atoms with Crippen molar-refractivity contribution >= 4 is 0 Å². The minimum Gasteiger partial charge on any atom is -0.379 e. The molecule has 0 aromatic carbocycles. The Labute approximate surface area is 95.8 Å². The van der Waals surface area contributed by atoms with Crippen LogP contribution in [0.15, 0.2) is 0 Å². The molecule has 1 unspecified atom stereocenters. The molecule has 0 aromatic heterocycles. The van der Waals surface area contributed by atoms with Gasteiger partial charge < -0.3 is 10.1 Å². The van der Waals surface area contributed by atoms with Crippen LogP contribution in [0, 0.1) is 0 Å². The van der Waals surface area contributed by atoms with E-state index in [0.29, 0.717) is 6.04 Å². The van der Waals surface area contributed by atoms with Crippen LogP contribution in [0.3, 0.4) is 0 Å². The number of nitrogens with one attached hydrogen (secondary N) is 1. The molecule has 92 valence electrons. The van der Waals surface area contributed by atoms with Gasteiger partial charge in [0.25, 0.3) is 0 Å². The minimum atomic E-state index is -0.00155. The topological polar surface area (TPSA) is 21.3 Å². The third kappa shape index (κ3) is 7.80. The molecule has 0 saturated carbocycles. The molecule has 0 fully saturated rings. The highest BCUT2D eigenvalue weighted by Gasteiger charge is 2.21. The lowest BCUT2D eigenvalue weighted by Gasteiger charge is -2.28. The summed E-state index contributed by atoms with van der Waals surface area (Å²) in [5.41, 5.74) is -0.00155. The average Bonchev–Trinajstić information content (AvgIpc) is 2.22. The van der Waals surface area contributed by atoms with Crippen molar-refractivity contribution < 1.29 is 4.74 Å². The van der Waals surface area contributed by atoms with Gasteiger partial charge in [-0.2, -0.15) is 0 Å². The van der Waals surface area contributed by atoms with Crippen molar-refractivity contribution in [2.24, 2.45) is 0 Å². The monoisotopic (exact) mass is 215 g/mol. The van der Waals surface area contributed by atoms with Gasteiger partial charge in [0.05, 0.1) is 5.60 Å². The molecule has 0 spiro atoms. The Morgan fingerprint density at radius 3 is 2.33 bits per heavy atom. The van der Waals surface area contributed by atoms with Crippen molar-refractivity contribution in [3.63, 3.8) is 0 Å². The largest absolute Gasteiger partial charge is 0.379 e. The van der Waals surface area contributed by atoms with E-state index < -0.39 is 0 Å². The van der Waals surface area contributed by atoms with E-state index in [2.05, 4.69) is 33.1 Å². The molecule has 0 radical (unpaired) electrons. The molecule has 2 nitrogen and oxygen atoms in total. The molecule has 0 aliphatic rings. The first-order valence-electron chi connectivity index (χ1n) is 6.28. The number of rotatable bonds is 9. The van der Waals surface area contributed by atoms with E-state index in [1.54, 1.807) is 7.11 Å². The second kappa shape index (κ2) is 8.12. The first kappa shape index (κ1) is 14.9. The Morgan fingerprint density at radius 1 is 1.20 bits per heavy atom. The summed E-state index contributed by atoms with van der Waals surface area (Å²) in [4.78, 5) is 0. The predicted octanol–water partition coefficient (Wildman–Crippen LogP) is 3.36. The predicted molar refractivity (Wildman–Crippen MR) is 67.3 cm³/mol. The summed E-state index contributed by atoms with van der Waals surface area (Å²) in [5.74, 6) is 0. The van der Waals surface area contributed by atoms with Crippen molar-refractivity contribution in [1.29, 1.82) is 0 Å². The molecule has 0 aliphatic heterocycles. The molecule has 1 N–H and O–H groups in total. The molecule has 0 aromatic rings. The molecule has 0 heterocycles. The quantitative estimate of drug-likeness (QED) is 0.595. The Morgan fingerprint density at radius 2 is 1.87 bits per heavy atom. The summed E-state index contributed by atoms with van der Waals surface area (Å²) in [6.45, 7) is 6.57. The first-order chi connectivity index (χ1) is 7.05. The lowest BCUT2D eigenvalue weighted by atomic mass is 9.95. The summed E-state index contributed by atoms with van der Waals surface area (Å²) in [5, 5.41) is 3.39. The van der Waals surface area contributed by atoms with Gasteiger partial charge in [-0.05, 0) is 33.7 Å². The third-order valence-electron chi connectivity index (χ3n) is 3.10. The van der Waals surface area contributed by atoms with Crippen LogP contribution in [0.25, 0.3) is 0 Å². The van der Waals surface area contributed by atoms with Gasteiger partial charge in [-0.15, -0.1) is 0 Å². The zero-order valence-corrected chi connectivity index (χ0v) is 11.2. The maximum atomic E-state index is 5.46. The van der Waals surface area contributed by atoms with Gasteiger partial charge in [-0.1, -0.05) is 32.6 Å². The van der Waals surface area contributed by atoms with Gasteiger partial charge in [0.15, 0.2) is 0 Å². The summed E-state index contributed by atoms with van der Waals surface area (Å²) in [6, 6.07) is 0.594. The molecule has 15 heavy (non-hydrogen) atoms. The van der Waals surface area contributed by atoms with E-state index in [0.717, 1.165) is 6.42 Å². The molecule has 1 atom stereocenters.